The fraction of sp³-hybridized carbons (Fsp3) is 0.385. The van der Waals surface area contributed by atoms with Gasteiger partial charge in [0.05, 0.1) is 17.8 Å². The van der Waals surface area contributed by atoms with Gasteiger partial charge in [-0.25, -0.2) is 9.18 Å². The van der Waals surface area contributed by atoms with Gasteiger partial charge in [0.25, 0.3) is 0 Å². The summed E-state index contributed by atoms with van der Waals surface area (Å²) >= 11 is 0. The number of halogens is 1. The van der Waals surface area contributed by atoms with Gasteiger partial charge in [0.1, 0.15) is 5.82 Å². The summed E-state index contributed by atoms with van der Waals surface area (Å²) in [5, 5.41) is 14.1. The van der Waals surface area contributed by atoms with Crippen LogP contribution in [0.4, 0.5) is 10.1 Å². The molecule has 0 aromatic heterocycles. The van der Waals surface area contributed by atoms with E-state index in [2.05, 4.69) is 10.6 Å². The van der Waals surface area contributed by atoms with Gasteiger partial charge in [0.15, 0.2) is 0 Å². The van der Waals surface area contributed by atoms with E-state index in [1.54, 1.807) is 0 Å². The van der Waals surface area contributed by atoms with E-state index in [1.165, 1.54) is 12.8 Å². The molecule has 1 amide bonds. The Morgan fingerprint density at radius 1 is 1.37 bits per heavy atom. The van der Waals surface area contributed by atoms with Crippen molar-refractivity contribution in [1.82, 2.24) is 5.32 Å². The Bertz CT molecular complexity index is 501. The summed E-state index contributed by atoms with van der Waals surface area (Å²) in [6.45, 7) is 0.873. The summed E-state index contributed by atoms with van der Waals surface area (Å²) in [5.41, 5.74) is -0.180. The summed E-state index contributed by atoms with van der Waals surface area (Å²) in [6, 6.07) is 3.28. The fourth-order valence-corrected chi connectivity index (χ4v) is 1.66. The number of rotatable bonds is 6. The van der Waals surface area contributed by atoms with Gasteiger partial charge in [-0.05, 0) is 43.5 Å². The molecule has 2 rings (SSSR count). The number of aromatic carboxylic acids is 1. The van der Waals surface area contributed by atoms with Crippen molar-refractivity contribution in [3.8, 4) is 0 Å². The van der Waals surface area contributed by atoms with E-state index in [-0.39, 0.29) is 23.7 Å². The molecule has 5 nitrogen and oxygen atoms in total. The van der Waals surface area contributed by atoms with Crippen molar-refractivity contribution in [2.24, 2.45) is 5.92 Å². The third-order valence-electron chi connectivity index (χ3n) is 2.90. The second-order valence-corrected chi connectivity index (χ2v) is 4.62. The van der Waals surface area contributed by atoms with Gasteiger partial charge in [-0.3, -0.25) is 4.79 Å². The first kappa shape index (κ1) is 13.5. The highest BCUT2D eigenvalue weighted by molar-refractivity contribution is 5.94. The molecule has 1 aliphatic rings. The molecule has 0 spiro atoms. The first-order valence-corrected chi connectivity index (χ1v) is 6.09. The number of carboxylic acid groups (broad SMARTS) is 1. The van der Waals surface area contributed by atoms with E-state index >= 15 is 0 Å². The number of benzene rings is 1. The van der Waals surface area contributed by atoms with Crippen molar-refractivity contribution in [2.45, 2.75) is 12.8 Å². The van der Waals surface area contributed by atoms with Gasteiger partial charge < -0.3 is 15.7 Å². The zero-order chi connectivity index (χ0) is 13.8. The molecule has 0 atom stereocenters. The highest BCUT2D eigenvalue weighted by atomic mass is 19.1. The van der Waals surface area contributed by atoms with Gasteiger partial charge >= 0.3 is 5.97 Å². The molecule has 19 heavy (non-hydrogen) atoms. The van der Waals surface area contributed by atoms with Crippen LogP contribution in [-0.2, 0) is 4.79 Å². The largest absolute Gasteiger partial charge is 0.478 e. The molecule has 0 saturated heterocycles. The van der Waals surface area contributed by atoms with Crippen molar-refractivity contribution in [3.63, 3.8) is 0 Å². The monoisotopic (exact) mass is 266 g/mol. The molecule has 0 radical (unpaired) electrons. The van der Waals surface area contributed by atoms with E-state index in [9.17, 15) is 14.0 Å². The summed E-state index contributed by atoms with van der Waals surface area (Å²) in [6.07, 6.45) is 2.37. The number of hydrogen-bond donors (Lipinski definition) is 3. The molecule has 0 heterocycles. The highest BCUT2D eigenvalue weighted by Gasteiger charge is 2.20. The van der Waals surface area contributed by atoms with Crippen LogP contribution < -0.4 is 10.6 Å². The molecule has 0 unspecified atom stereocenters. The molecule has 0 bridgehead atoms. The van der Waals surface area contributed by atoms with Crippen LogP contribution in [0.1, 0.15) is 23.2 Å². The van der Waals surface area contributed by atoms with Gasteiger partial charge in [0, 0.05) is 0 Å². The Kier molecular flexibility index (Phi) is 4.11. The maximum absolute atomic E-state index is 13.4. The van der Waals surface area contributed by atoms with Crippen molar-refractivity contribution >= 4 is 17.6 Å². The third-order valence-corrected chi connectivity index (χ3v) is 2.90. The first-order chi connectivity index (χ1) is 9.06. The van der Waals surface area contributed by atoms with Crippen molar-refractivity contribution in [2.75, 3.05) is 18.4 Å². The van der Waals surface area contributed by atoms with Crippen LogP contribution in [0.3, 0.4) is 0 Å². The Morgan fingerprint density at radius 2 is 2.11 bits per heavy atom. The predicted octanol–water partition coefficient (Wildman–Crippen LogP) is 1.46. The van der Waals surface area contributed by atoms with E-state index in [4.69, 9.17) is 5.11 Å². The van der Waals surface area contributed by atoms with Crippen LogP contribution in [-0.4, -0.2) is 30.1 Å². The van der Waals surface area contributed by atoms with Crippen LogP contribution in [0, 0.1) is 11.7 Å². The lowest BCUT2D eigenvalue weighted by Gasteiger charge is -2.08. The number of amides is 1. The summed E-state index contributed by atoms with van der Waals surface area (Å²) < 4.78 is 13.4. The van der Waals surface area contributed by atoms with Gasteiger partial charge in [-0.2, -0.15) is 0 Å². The van der Waals surface area contributed by atoms with E-state index < -0.39 is 11.8 Å². The summed E-state index contributed by atoms with van der Waals surface area (Å²) in [4.78, 5) is 22.3. The smallest absolute Gasteiger partial charge is 0.335 e. The summed E-state index contributed by atoms with van der Waals surface area (Å²) in [5.74, 6) is -1.55. The number of carbonyl (C=O) groups is 2. The topological polar surface area (TPSA) is 78.4 Å². The Morgan fingerprint density at radius 3 is 2.74 bits per heavy atom. The van der Waals surface area contributed by atoms with Crippen molar-refractivity contribution in [3.05, 3.63) is 29.6 Å². The average Bonchev–Trinajstić information content (AvgIpc) is 3.15. The molecule has 1 aliphatic carbocycles. The molecule has 3 N–H and O–H groups in total. The average molecular weight is 266 g/mol. The van der Waals surface area contributed by atoms with Gasteiger partial charge in [-0.15, -0.1) is 0 Å². The van der Waals surface area contributed by atoms with Crippen LogP contribution in [0.25, 0.3) is 0 Å². The Balaban J connectivity index is 1.90. The fourth-order valence-electron chi connectivity index (χ4n) is 1.66. The molecule has 1 fully saturated rings. The van der Waals surface area contributed by atoms with E-state index in [0.717, 1.165) is 24.7 Å². The molecule has 102 valence electrons. The molecule has 0 aliphatic heterocycles. The lowest BCUT2D eigenvalue weighted by molar-refractivity contribution is -0.115. The lowest BCUT2D eigenvalue weighted by Crippen LogP contribution is -2.29. The Labute approximate surface area is 109 Å². The minimum absolute atomic E-state index is 0.0670. The van der Waals surface area contributed by atoms with Crippen LogP contribution in [0.2, 0.25) is 0 Å². The van der Waals surface area contributed by atoms with Gasteiger partial charge in [0.2, 0.25) is 5.91 Å². The van der Waals surface area contributed by atoms with Crippen LogP contribution >= 0.6 is 0 Å². The van der Waals surface area contributed by atoms with Crippen LogP contribution in [0.5, 0.6) is 0 Å². The number of anilines is 1. The van der Waals surface area contributed by atoms with Gasteiger partial charge in [-0.1, -0.05) is 0 Å². The lowest BCUT2D eigenvalue weighted by atomic mass is 10.2. The molecule has 1 aromatic carbocycles. The second kappa shape index (κ2) is 5.79. The SMILES string of the molecule is O=C(CNCC1CC1)Nc1cc(C(=O)O)ccc1F. The second-order valence-electron chi connectivity index (χ2n) is 4.62. The standard InChI is InChI=1S/C13H15FN2O3/c14-10-4-3-9(13(18)19)5-11(10)16-12(17)7-15-6-8-1-2-8/h3-5,8,15H,1-2,6-7H2,(H,16,17)(H,18,19). The first-order valence-electron chi connectivity index (χ1n) is 6.09. The Hall–Kier alpha value is -1.95. The van der Waals surface area contributed by atoms with Crippen molar-refractivity contribution in [1.29, 1.82) is 0 Å². The summed E-state index contributed by atoms with van der Waals surface area (Å²) in [7, 11) is 0. The highest BCUT2D eigenvalue weighted by Crippen LogP contribution is 2.27. The van der Waals surface area contributed by atoms with E-state index in [1.807, 2.05) is 0 Å². The van der Waals surface area contributed by atoms with E-state index in [0.29, 0.717) is 5.92 Å². The van der Waals surface area contributed by atoms with Crippen LogP contribution in [0.15, 0.2) is 18.2 Å². The number of nitrogens with one attached hydrogen (secondary N) is 2. The number of carbonyl (C=O) groups excluding carboxylic acids is 1. The maximum atomic E-state index is 13.4. The van der Waals surface area contributed by atoms with Crippen molar-refractivity contribution < 1.29 is 19.1 Å². The number of hydrogen-bond acceptors (Lipinski definition) is 3. The maximum Gasteiger partial charge on any atom is 0.335 e. The zero-order valence-corrected chi connectivity index (χ0v) is 10.3. The quantitative estimate of drug-likeness (QED) is 0.728. The predicted molar refractivity (Wildman–Crippen MR) is 67.6 cm³/mol. The minimum Gasteiger partial charge on any atom is -0.478 e. The molecular formula is C13H15FN2O3. The number of carboxylic acids is 1. The third kappa shape index (κ3) is 4.03. The zero-order valence-electron chi connectivity index (χ0n) is 10.3. The molecule has 6 heteroatoms. The molecule has 1 aromatic rings. The molecule has 1 saturated carbocycles. The normalized spacial score (nSPS) is 14.2. The molecular weight excluding hydrogens is 251 g/mol. The minimum atomic E-state index is -1.16.